The maximum absolute atomic E-state index is 12.1. The molecule has 1 saturated carbocycles. The highest BCUT2D eigenvalue weighted by Gasteiger charge is 2.49. The average molecular weight is 337 g/mol. The summed E-state index contributed by atoms with van der Waals surface area (Å²) in [5.74, 6) is 0.932. The minimum Gasteiger partial charge on any atom is -0.493 e. The Labute approximate surface area is 143 Å². The molecule has 6 heteroatoms. The van der Waals surface area contributed by atoms with Crippen LogP contribution >= 0.6 is 0 Å². The Morgan fingerprint density at radius 1 is 1.25 bits per heavy atom. The molecule has 24 heavy (non-hydrogen) atoms. The Morgan fingerprint density at radius 3 is 2.29 bits per heavy atom. The van der Waals surface area contributed by atoms with E-state index < -0.39 is 17.8 Å². The SMILES string of the molecule is COc1cc(C2(C(C)O)CC2)cc(NC(=O)OC(C)(C)C)c1OC. The molecule has 0 bridgehead atoms. The Bertz CT molecular complexity index is 615. The second-order valence-corrected chi connectivity index (χ2v) is 7.22. The molecule has 1 aromatic rings. The number of hydrogen-bond acceptors (Lipinski definition) is 5. The molecule has 1 atom stereocenters. The maximum atomic E-state index is 12.1. The molecule has 0 radical (unpaired) electrons. The molecule has 1 aliphatic carbocycles. The molecule has 6 nitrogen and oxygen atoms in total. The van der Waals surface area contributed by atoms with Gasteiger partial charge in [0.1, 0.15) is 5.60 Å². The predicted octanol–water partition coefficient (Wildman–Crippen LogP) is 3.46. The van der Waals surface area contributed by atoms with Crippen LogP contribution in [0.3, 0.4) is 0 Å². The summed E-state index contributed by atoms with van der Waals surface area (Å²) in [6.45, 7) is 7.18. The van der Waals surface area contributed by atoms with Crippen LogP contribution in [0.1, 0.15) is 46.1 Å². The molecule has 0 aromatic heterocycles. The van der Waals surface area contributed by atoms with Gasteiger partial charge in [-0.25, -0.2) is 4.79 Å². The van der Waals surface area contributed by atoms with E-state index in [9.17, 15) is 9.90 Å². The first-order chi connectivity index (χ1) is 11.1. The molecule has 0 saturated heterocycles. The number of carbonyl (C=O) groups excluding carboxylic acids is 1. The van der Waals surface area contributed by atoms with E-state index in [0.29, 0.717) is 17.2 Å². The lowest BCUT2D eigenvalue weighted by atomic mass is 9.90. The van der Waals surface area contributed by atoms with E-state index in [-0.39, 0.29) is 5.41 Å². The number of ether oxygens (including phenoxy) is 3. The number of benzene rings is 1. The third kappa shape index (κ3) is 3.75. The predicted molar refractivity (Wildman–Crippen MR) is 92.0 cm³/mol. The molecule has 1 fully saturated rings. The summed E-state index contributed by atoms with van der Waals surface area (Å²) < 4.78 is 16.1. The summed E-state index contributed by atoms with van der Waals surface area (Å²) in [6.07, 6.45) is 0.741. The van der Waals surface area contributed by atoms with Crippen molar-refractivity contribution in [2.75, 3.05) is 19.5 Å². The van der Waals surface area contributed by atoms with Crippen LogP contribution in [0, 0.1) is 0 Å². The zero-order valence-electron chi connectivity index (χ0n) is 15.2. The van der Waals surface area contributed by atoms with Gasteiger partial charge in [-0.2, -0.15) is 0 Å². The number of nitrogens with one attached hydrogen (secondary N) is 1. The van der Waals surface area contributed by atoms with Gasteiger partial charge < -0.3 is 19.3 Å². The molecule has 2 rings (SSSR count). The van der Waals surface area contributed by atoms with Crippen LogP contribution in [0.2, 0.25) is 0 Å². The van der Waals surface area contributed by atoms with Crippen molar-refractivity contribution in [3.8, 4) is 11.5 Å². The van der Waals surface area contributed by atoms with Crippen molar-refractivity contribution >= 4 is 11.8 Å². The summed E-state index contributed by atoms with van der Waals surface area (Å²) >= 11 is 0. The minimum absolute atomic E-state index is 0.288. The first kappa shape index (κ1) is 18.4. The maximum Gasteiger partial charge on any atom is 0.412 e. The topological polar surface area (TPSA) is 77.0 Å². The van der Waals surface area contributed by atoms with Gasteiger partial charge in [-0.15, -0.1) is 0 Å². The Hall–Kier alpha value is -1.95. The highest BCUT2D eigenvalue weighted by atomic mass is 16.6. The standard InChI is InChI=1S/C18H27NO5/c1-11(20)18(7-8-18)12-9-13(15(23-6)14(10-12)22-5)19-16(21)24-17(2,3)4/h9-11,20H,7-8H2,1-6H3,(H,19,21). The molecular weight excluding hydrogens is 310 g/mol. The van der Waals surface area contributed by atoms with Gasteiger partial charge in [0.25, 0.3) is 0 Å². The number of rotatable bonds is 5. The summed E-state index contributed by atoms with van der Waals surface area (Å²) in [4.78, 5) is 12.1. The second-order valence-electron chi connectivity index (χ2n) is 7.22. The van der Waals surface area contributed by atoms with E-state index in [1.165, 1.54) is 7.11 Å². The number of carbonyl (C=O) groups is 1. The molecule has 1 unspecified atom stereocenters. The normalized spacial score (nSPS) is 17.0. The number of aliphatic hydroxyl groups excluding tert-OH is 1. The fourth-order valence-electron chi connectivity index (χ4n) is 2.84. The molecule has 134 valence electrons. The van der Waals surface area contributed by atoms with E-state index in [0.717, 1.165) is 18.4 Å². The van der Waals surface area contributed by atoms with Crippen molar-refractivity contribution in [1.29, 1.82) is 0 Å². The third-order valence-electron chi connectivity index (χ3n) is 4.28. The lowest BCUT2D eigenvalue weighted by Crippen LogP contribution is -2.28. The summed E-state index contributed by atoms with van der Waals surface area (Å²) in [6, 6.07) is 3.68. The van der Waals surface area contributed by atoms with Crippen LogP contribution < -0.4 is 14.8 Å². The van der Waals surface area contributed by atoms with Gasteiger partial charge in [0, 0.05) is 5.41 Å². The highest BCUT2D eigenvalue weighted by molar-refractivity contribution is 5.88. The average Bonchev–Trinajstić information content (AvgIpc) is 3.25. The van der Waals surface area contributed by atoms with Crippen LogP contribution in [-0.4, -0.2) is 37.1 Å². The number of hydrogen-bond donors (Lipinski definition) is 2. The smallest absolute Gasteiger partial charge is 0.412 e. The summed E-state index contributed by atoms with van der Waals surface area (Å²) in [5.41, 5.74) is 0.495. The highest BCUT2D eigenvalue weighted by Crippen LogP contribution is 2.53. The van der Waals surface area contributed by atoms with Crippen molar-refractivity contribution in [2.24, 2.45) is 0 Å². The summed E-state index contributed by atoms with van der Waals surface area (Å²) in [7, 11) is 3.06. The van der Waals surface area contributed by atoms with Gasteiger partial charge in [-0.05, 0) is 58.2 Å². The molecule has 0 aliphatic heterocycles. The first-order valence-electron chi connectivity index (χ1n) is 8.07. The van der Waals surface area contributed by atoms with Gasteiger partial charge >= 0.3 is 6.09 Å². The van der Waals surface area contributed by atoms with Gasteiger partial charge in [0.2, 0.25) is 0 Å². The number of aliphatic hydroxyl groups is 1. The van der Waals surface area contributed by atoms with Crippen molar-refractivity contribution in [2.45, 2.75) is 57.7 Å². The zero-order valence-corrected chi connectivity index (χ0v) is 15.2. The van der Waals surface area contributed by atoms with E-state index in [1.807, 2.05) is 12.1 Å². The lowest BCUT2D eigenvalue weighted by Gasteiger charge is -2.24. The molecule has 0 heterocycles. The van der Waals surface area contributed by atoms with Crippen molar-refractivity contribution in [1.82, 2.24) is 0 Å². The van der Waals surface area contributed by atoms with Gasteiger partial charge in [-0.1, -0.05) is 0 Å². The molecule has 1 aromatic carbocycles. The Balaban J connectivity index is 2.40. The van der Waals surface area contributed by atoms with E-state index in [4.69, 9.17) is 14.2 Å². The largest absolute Gasteiger partial charge is 0.493 e. The quantitative estimate of drug-likeness (QED) is 0.860. The monoisotopic (exact) mass is 337 g/mol. The van der Waals surface area contributed by atoms with Crippen molar-refractivity contribution in [3.05, 3.63) is 17.7 Å². The zero-order chi connectivity index (χ0) is 18.1. The van der Waals surface area contributed by atoms with Crippen LogP contribution in [0.4, 0.5) is 10.5 Å². The number of methoxy groups -OCH3 is 2. The van der Waals surface area contributed by atoms with Crippen molar-refractivity contribution < 1.29 is 24.1 Å². The second kappa shape index (κ2) is 6.51. The van der Waals surface area contributed by atoms with Crippen LogP contribution in [0.5, 0.6) is 11.5 Å². The van der Waals surface area contributed by atoms with E-state index in [1.54, 1.807) is 34.8 Å². The number of amides is 1. The minimum atomic E-state index is -0.601. The van der Waals surface area contributed by atoms with Gasteiger partial charge in [0.15, 0.2) is 11.5 Å². The fraction of sp³-hybridized carbons (Fsp3) is 0.611. The lowest BCUT2D eigenvalue weighted by molar-refractivity contribution is 0.0635. The Kier molecular flexibility index (Phi) is 4.99. The molecular formula is C18H27NO5. The molecule has 1 aliphatic rings. The number of anilines is 1. The fourth-order valence-corrected chi connectivity index (χ4v) is 2.84. The van der Waals surface area contributed by atoms with E-state index >= 15 is 0 Å². The van der Waals surface area contributed by atoms with Crippen LogP contribution in [0.25, 0.3) is 0 Å². The van der Waals surface area contributed by atoms with Crippen LogP contribution in [-0.2, 0) is 10.2 Å². The van der Waals surface area contributed by atoms with Gasteiger partial charge in [0.05, 0.1) is 26.0 Å². The Morgan fingerprint density at radius 2 is 1.88 bits per heavy atom. The molecule has 0 spiro atoms. The van der Waals surface area contributed by atoms with Crippen molar-refractivity contribution in [3.63, 3.8) is 0 Å². The molecule has 2 N–H and O–H groups in total. The summed E-state index contributed by atoms with van der Waals surface area (Å²) in [5, 5.41) is 12.9. The third-order valence-corrected chi connectivity index (χ3v) is 4.28. The first-order valence-corrected chi connectivity index (χ1v) is 8.07. The van der Waals surface area contributed by atoms with Crippen LogP contribution in [0.15, 0.2) is 12.1 Å². The van der Waals surface area contributed by atoms with E-state index in [2.05, 4.69) is 5.32 Å². The molecule has 1 amide bonds. The van der Waals surface area contributed by atoms with Gasteiger partial charge in [-0.3, -0.25) is 5.32 Å².